The first-order valence-corrected chi connectivity index (χ1v) is 8.15. The zero-order valence-corrected chi connectivity index (χ0v) is 13.1. The van der Waals surface area contributed by atoms with E-state index in [1.54, 1.807) is 11.3 Å². The highest BCUT2D eigenvalue weighted by molar-refractivity contribution is 7.09. The molecule has 0 radical (unpaired) electrons. The highest BCUT2D eigenvalue weighted by Gasteiger charge is 2.34. The Morgan fingerprint density at radius 1 is 1.50 bits per heavy atom. The normalized spacial score (nSPS) is 20.5. The summed E-state index contributed by atoms with van der Waals surface area (Å²) in [6.07, 6.45) is -2.50. The molecule has 0 aromatic carbocycles. The second-order valence-electron chi connectivity index (χ2n) is 5.49. The lowest BCUT2D eigenvalue weighted by Crippen LogP contribution is -2.34. The van der Waals surface area contributed by atoms with Gasteiger partial charge in [-0.1, -0.05) is 6.07 Å². The number of nitrogens with zero attached hydrogens (tertiary/aromatic N) is 2. The summed E-state index contributed by atoms with van der Waals surface area (Å²) in [7, 11) is 0. The molecule has 1 aliphatic heterocycles. The van der Waals surface area contributed by atoms with Crippen LogP contribution in [-0.4, -0.2) is 49.8 Å². The third-order valence-electron chi connectivity index (χ3n) is 3.55. The van der Waals surface area contributed by atoms with Crippen LogP contribution in [0.15, 0.2) is 22.5 Å². The van der Waals surface area contributed by atoms with Gasteiger partial charge in [-0.15, -0.1) is 11.3 Å². The van der Waals surface area contributed by atoms with Gasteiger partial charge in [-0.25, -0.2) is 0 Å². The molecule has 1 saturated heterocycles. The first-order valence-electron chi connectivity index (χ1n) is 7.27. The predicted octanol–water partition coefficient (Wildman–Crippen LogP) is 2.08. The molecule has 22 heavy (non-hydrogen) atoms. The Hall–Kier alpha value is -1.28. The maximum absolute atomic E-state index is 12.3. The van der Waals surface area contributed by atoms with Crippen molar-refractivity contribution < 1.29 is 13.2 Å². The zero-order chi connectivity index (χ0) is 16.0. The van der Waals surface area contributed by atoms with E-state index in [-0.39, 0.29) is 5.92 Å². The van der Waals surface area contributed by atoms with Crippen molar-refractivity contribution in [3.63, 3.8) is 0 Å². The van der Waals surface area contributed by atoms with Crippen LogP contribution in [0.3, 0.4) is 0 Å². The number of likely N-dealkylation sites (tertiary alicyclic amines) is 1. The van der Waals surface area contributed by atoms with Crippen molar-refractivity contribution in [3.8, 4) is 0 Å². The van der Waals surface area contributed by atoms with Crippen LogP contribution in [-0.2, 0) is 6.42 Å². The Labute approximate surface area is 132 Å². The molecule has 1 fully saturated rings. The minimum Gasteiger partial charge on any atom is -0.370 e. The van der Waals surface area contributed by atoms with E-state index in [9.17, 15) is 13.2 Å². The van der Waals surface area contributed by atoms with Gasteiger partial charge in [-0.2, -0.15) is 13.2 Å². The van der Waals surface area contributed by atoms with Crippen LogP contribution in [0.1, 0.15) is 11.3 Å². The SMILES string of the molecule is NC(=NCC1CCN(CC(F)(F)F)C1)NCCc1cccs1. The van der Waals surface area contributed by atoms with Crippen molar-refractivity contribution in [1.29, 1.82) is 0 Å². The van der Waals surface area contributed by atoms with Crippen LogP contribution in [0.4, 0.5) is 13.2 Å². The van der Waals surface area contributed by atoms with E-state index in [0.29, 0.717) is 32.1 Å². The van der Waals surface area contributed by atoms with Gasteiger partial charge < -0.3 is 11.1 Å². The molecular formula is C14H21F3N4S. The zero-order valence-electron chi connectivity index (χ0n) is 12.3. The molecule has 1 aromatic heterocycles. The van der Waals surface area contributed by atoms with E-state index >= 15 is 0 Å². The number of alkyl halides is 3. The number of aliphatic imine (C=N–C) groups is 1. The number of nitrogens with one attached hydrogen (secondary N) is 1. The highest BCUT2D eigenvalue weighted by atomic mass is 32.1. The van der Waals surface area contributed by atoms with Crippen LogP contribution in [0.5, 0.6) is 0 Å². The summed E-state index contributed by atoms with van der Waals surface area (Å²) in [6, 6.07) is 4.07. The number of thiophene rings is 1. The molecule has 0 spiro atoms. The minimum atomic E-state index is -4.12. The molecule has 1 aromatic rings. The van der Waals surface area contributed by atoms with Gasteiger partial charge in [-0.05, 0) is 36.8 Å². The Morgan fingerprint density at radius 2 is 2.32 bits per heavy atom. The van der Waals surface area contributed by atoms with Crippen molar-refractivity contribution in [2.45, 2.75) is 19.0 Å². The van der Waals surface area contributed by atoms with Gasteiger partial charge in [0.2, 0.25) is 0 Å². The van der Waals surface area contributed by atoms with Gasteiger partial charge in [0, 0.05) is 24.5 Å². The topological polar surface area (TPSA) is 53.6 Å². The Balaban J connectivity index is 1.64. The molecule has 3 N–H and O–H groups in total. The molecule has 1 aliphatic rings. The fourth-order valence-corrected chi connectivity index (χ4v) is 3.22. The lowest BCUT2D eigenvalue weighted by Gasteiger charge is -2.17. The van der Waals surface area contributed by atoms with E-state index in [4.69, 9.17) is 5.73 Å². The van der Waals surface area contributed by atoms with Gasteiger partial charge >= 0.3 is 6.18 Å². The molecule has 0 saturated carbocycles. The fraction of sp³-hybridized carbons (Fsp3) is 0.643. The van der Waals surface area contributed by atoms with Gasteiger partial charge in [0.05, 0.1) is 6.54 Å². The van der Waals surface area contributed by atoms with Gasteiger partial charge in [0.15, 0.2) is 5.96 Å². The summed E-state index contributed by atoms with van der Waals surface area (Å²) in [6.45, 7) is 1.27. The molecule has 0 bridgehead atoms. The number of halogens is 3. The molecule has 2 rings (SSSR count). The second kappa shape index (κ2) is 7.82. The number of hydrogen-bond donors (Lipinski definition) is 2. The lowest BCUT2D eigenvalue weighted by atomic mass is 10.1. The molecular weight excluding hydrogens is 313 g/mol. The van der Waals surface area contributed by atoms with Gasteiger partial charge in [0.1, 0.15) is 0 Å². The van der Waals surface area contributed by atoms with Gasteiger partial charge in [-0.3, -0.25) is 9.89 Å². The summed E-state index contributed by atoms with van der Waals surface area (Å²) in [5.41, 5.74) is 5.78. The Kier molecular flexibility index (Phi) is 6.07. The van der Waals surface area contributed by atoms with Crippen molar-refractivity contribution in [3.05, 3.63) is 22.4 Å². The number of nitrogens with two attached hydrogens (primary N) is 1. The molecule has 1 unspecified atom stereocenters. The first kappa shape index (κ1) is 17.1. The highest BCUT2D eigenvalue weighted by Crippen LogP contribution is 2.22. The average molecular weight is 334 g/mol. The second-order valence-corrected chi connectivity index (χ2v) is 6.52. The third kappa shape index (κ3) is 6.23. The summed E-state index contributed by atoms with van der Waals surface area (Å²) < 4.78 is 36.9. The van der Waals surface area contributed by atoms with Crippen molar-refractivity contribution in [1.82, 2.24) is 10.2 Å². The van der Waals surface area contributed by atoms with Crippen molar-refractivity contribution in [2.75, 3.05) is 32.7 Å². The van der Waals surface area contributed by atoms with Crippen LogP contribution in [0.25, 0.3) is 0 Å². The van der Waals surface area contributed by atoms with Gasteiger partial charge in [0.25, 0.3) is 0 Å². The van der Waals surface area contributed by atoms with E-state index in [1.165, 1.54) is 9.78 Å². The van der Waals surface area contributed by atoms with Crippen molar-refractivity contribution in [2.24, 2.45) is 16.6 Å². The summed E-state index contributed by atoms with van der Waals surface area (Å²) in [4.78, 5) is 6.94. The van der Waals surface area contributed by atoms with Crippen LogP contribution >= 0.6 is 11.3 Å². The fourth-order valence-electron chi connectivity index (χ4n) is 2.51. The van der Waals surface area contributed by atoms with E-state index in [0.717, 1.165) is 12.8 Å². The Morgan fingerprint density at radius 3 is 3.00 bits per heavy atom. The Bertz CT molecular complexity index is 473. The van der Waals surface area contributed by atoms with E-state index in [2.05, 4.69) is 16.4 Å². The molecule has 124 valence electrons. The molecule has 0 aliphatic carbocycles. The van der Waals surface area contributed by atoms with Crippen molar-refractivity contribution >= 4 is 17.3 Å². The quantitative estimate of drug-likeness (QED) is 0.619. The van der Waals surface area contributed by atoms with E-state index < -0.39 is 12.7 Å². The third-order valence-corrected chi connectivity index (χ3v) is 4.49. The molecule has 0 amide bonds. The largest absolute Gasteiger partial charge is 0.401 e. The standard InChI is InChI=1S/C14H21F3N4S/c15-14(16,17)10-21-6-4-11(9-21)8-20-13(18)19-5-3-12-2-1-7-22-12/h1-2,7,11H,3-6,8-10H2,(H3,18,19,20). The summed E-state index contributed by atoms with van der Waals surface area (Å²) in [5, 5.41) is 5.06. The molecule has 2 heterocycles. The van der Waals surface area contributed by atoms with Crippen LogP contribution in [0.2, 0.25) is 0 Å². The molecule has 8 heteroatoms. The van der Waals surface area contributed by atoms with E-state index in [1.807, 2.05) is 11.4 Å². The summed E-state index contributed by atoms with van der Waals surface area (Å²) >= 11 is 1.69. The monoisotopic (exact) mass is 334 g/mol. The number of hydrogen-bond acceptors (Lipinski definition) is 3. The average Bonchev–Trinajstić information content (AvgIpc) is 3.06. The smallest absolute Gasteiger partial charge is 0.370 e. The minimum absolute atomic E-state index is 0.153. The molecule has 4 nitrogen and oxygen atoms in total. The number of guanidine groups is 1. The maximum Gasteiger partial charge on any atom is 0.401 e. The predicted molar refractivity (Wildman–Crippen MR) is 83.1 cm³/mol. The maximum atomic E-state index is 12.3. The first-order chi connectivity index (χ1) is 10.4. The summed E-state index contributed by atoms with van der Waals surface area (Å²) in [5.74, 6) is 0.519. The molecule has 1 atom stereocenters. The van der Waals surface area contributed by atoms with Crippen LogP contribution in [0, 0.1) is 5.92 Å². The number of rotatable bonds is 6. The lowest BCUT2D eigenvalue weighted by molar-refractivity contribution is -0.143. The van der Waals surface area contributed by atoms with Crippen LogP contribution < -0.4 is 11.1 Å².